The largest absolute Gasteiger partial charge is 0.493 e. The minimum atomic E-state index is -0.799. The number of Topliss-reactive ketones (excluding diaryl/α,β-unsaturated/α-hetero) is 1. The van der Waals surface area contributed by atoms with Gasteiger partial charge < -0.3 is 23.7 Å². The van der Waals surface area contributed by atoms with Gasteiger partial charge in [0.2, 0.25) is 6.79 Å². The van der Waals surface area contributed by atoms with Crippen molar-refractivity contribution in [1.29, 1.82) is 0 Å². The number of ether oxygens (including phenoxy) is 5. The molecule has 0 aliphatic heterocycles. The van der Waals surface area contributed by atoms with Crippen molar-refractivity contribution in [2.45, 2.75) is 66.1 Å². The third kappa shape index (κ3) is 8.71. The Bertz CT molecular complexity index is 1070. The van der Waals surface area contributed by atoms with Gasteiger partial charge in [0, 0.05) is 25.6 Å². The Labute approximate surface area is 222 Å². The molecule has 1 aromatic heterocycles. The minimum absolute atomic E-state index is 0.0108. The van der Waals surface area contributed by atoms with Crippen LogP contribution in [-0.4, -0.2) is 48.8 Å². The van der Waals surface area contributed by atoms with Crippen LogP contribution in [0.3, 0.4) is 0 Å². The lowest BCUT2D eigenvalue weighted by atomic mass is 9.92. The Morgan fingerprint density at radius 1 is 1.03 bits per heavy atom. The molecule has 1 heterocycles. The zero-order valence-electron chi connectivity index (χ0n) is 22.7. The summed E-state index contributed by atoms with van der Waals surface area (Å²) in [6.45, 7) is 8.16. The van der Waals surface area contributed by atoms with E-state index in [1.165, 1.54) is 50.6 Å². The monoisotopic (exact) mass is 533 g/mol. The molecule has 0 aliphatic carbocycles. The van der Waals surface area contributed by atoms with Gasteiger partial charge >= 0.3 is 11.9 Å². The normalized spacial score (nSPS) is 13.3. The van der Waals surface area contributed by atoms with Crippen molar-refractivity contribution in [1.82, 2.24) is 4.98 Å². The Hall–Kier alpha value is -3.69. The summed E-state index contributed by atoms with van der Waals surface area (Å²) in [5, 5.41) is 0. The second-order valence-corrected chi connectivity index (χ2v) is 8.87. The predicted molar refractivity (Wildman–Crippen MR) is 137 cm³/mol. The maximum atomic E-state index is 13.3. The number of carbonyl (C=O) groups is 3. The summed E-state index contributed by atoms with van der Waals surface area (Å²) in [6.07, 6.45) is 1.65. The summed E-state index contributed by atoms with van der Waals surface area (Å²) >= 11 is 0. The van der Waals surface area contributed by atoms with Crippen LogP contribution in [0, 0.1) is 17.7 Å². The number of methoxy groups -OCH3 is 1. The highest BCUT2D eigenvalue weighted by Gasteiger charge is 2.32. The van der Waals surface area contributed by atoms with E-state index in [-0.39, 0.29) is 35.3 Å². The van der Waals surface area contributed by atoms with Crippen LogP contribution in [0.15, 0.2) is 36.5 Å². The molecule has 0 radical (unpaired) electrons. The number of benzene rings is 1. The topological polar surface area (TPSA) is 110 Å². The molecule has 0 N–H and O–H groups in total. The van der Waals surface area contributed by atoms with Gasteiger partial charge in [0.25, 0.3) is 0 Å². The van der Waals surface area contributed by atoms with E-state index in [0.29, 0.717) is 5.75 Å². The lowest BCUT2D eigenvalue weighted by Crippen LogP contribution is -2.40. The average molecular weight is 534 g/mol. The van der Waals surface area contributed by atoms with E-state index in [4.69, 9.17) is 23.7 Å². The number of hydrogen-bond donors (Lipinski definition) is 0. The van der Waals surface area contributed by atoms with Crippen LogP contribution in [0.5, 0.6) is 17.2 Å². The van der Waals surface area contributed by atoms with Gasteiger partial charge in [-0.2, -0.15) is 0 Å². The van der Waals surface area contributed by atoms with Gasteiger partial charge in [0.1, 0.15) is 23.8 Å². The van der Waals surface area contributed by atoms with E-state index < -0.39 is 42.6 Å². The van der Waals surface area contributed by atoms with Gasteiger partial charge in [-0.25, -0.2) is 9.37 Å². The van der Waals surface area contributed by atoms with Gasteiger partial charge in [0.15, 0.2) is 23.0 Å². The number of carbonyl (C=O) groups excluding carboxylic acids is 3. The molecule has 9 nitrogen and oxygen atoms in total. The SMILES string of the molecule is CCC(CC)[C@@H](Oc1ccc(F)cc1)[C@H](C)OC(=O)[C@H](C)CC(=O)c1nccc(OC)c1OCOC(C)=O. The molecule has 2 rings (SSSR count). The molecular formula is C28H36FNO8. The third-order valence-corrected chi connectivity index (χ3v) is 6.08. The van der Waals surface area contributed by atoms with Crippen molar-refractivity contribution in [2.24, 2.45) is 11.8 Å². The summed E-state index contributed by atoms with van der Waals surface area (Å²) in [5.41, 5.74) is -0.0567. The summed E-state index contributed by atoms with van der Waals surface area (Å²) < 4.78 is 40.6. The summed E-state index contributed by atoms with van der Waals surface area (Å²) in [4.78, 5) is 41.2. The second kappa shape index (κ2) is 14.9. The van der Waals surface area contributed by atoms with Crippen molar-refractivity contribution in [2.75, 3.05) is 13.9 Å². The summed E-state index contributed by atoms with van der Waals surface area (Å²) in [6, 6.07) is 7.17. The summed E-state index contributed by atoms with van der Waals surface area (Å²) in [5.74, 6) is -1.99. The van der Waals surface area contributed by atoms with E-state index >= 15 is 0 Å². The van der Waals surface area contributed by atoms with Crippen LogP contribution in [0.1, 0.15) is 64.4 Å². The van der Waals surface area contributed by atoms with Crippen molar-refractivity contribution in [3.8, 4) is 17.2 Å². The second-order valence-electron chi connectivity index (χ2n) is 8.87. The number of halogens is 1. The highest BCUT2D eigenvalue weighted by atomic mass is 19.1. The van der Waals surface area contributed by atoms with E-state index in [1.54, 1.807) is 13.8 Å². The number of pyridine rings is 1. The maximum absolute atomic E-state index is 13.3. The lowest BCUT2D eigenvalue weighted by Gasteiger charge is -2.31. The highest BCUT2D eigenvalue weighted by molar-refractivity contribution is 5.99. The smallest absolute Gasteiger partial charge is 0.309 e. The highest BCUT2D eigenvalue weighted by Crippen LogP contribution is 2.31. The molecule has 0 bridgehead atoms. The number of hydrogen-bond acceptors (Lipinski definition) is 9. The van der Waals surface area contributed by atoms with Crippen molar-refractivity contribution < 1.29 is 42.5 Å². The van der Waals surface area contributed by atoms with Crippen LogP contribution in [0.25, 0.3) is 0 Å². The molecule has 0 fully saturated rings. The molecule has 2 aromatic rings. The maximum Gasteiger partial charge on any atom is 0.309 e. The molecule has 1 aromatic carbocycles. The molecule has 3 atom stereocenters. The molecule has 38 heavy (non-hydrogen) atoms. The van der Waals surface area contributed by atoms with Gasteiger partial charge in [-0.3, -0.25) is 14.4 Å². The van der Waals surface area contributed by atoms with E-state index in [2.05, 4.69) is 4.98 Å². The fourth-order valence-electron chi connectivity index (χ4n) is 3.92. The Kier molecular flexibility index (Phi) is 12.0. The van der Waals surface area contributed by atoms with E-state index in [9.17, 15) is 18.8 Å². The Morgan fingerprint density at radius 3 is 2.26 bits per heavy atom. The number of aromatic nitrogens is 1. The molecule has 0 spiro atoms. The average Bonchev–Trinajstić information content (AvgIpc) is 2.89. The van der Waals surface area contributed by atoms with Crippen LogP contribution >= 0.6 is 0 Å². The van der Waals surface area contributed by atoms with Crippen molar-refractivity contribution in [3.05, 3.63) is 48.0 Å². The van der Waals surface area contributed by atoms with Gasteiger partial charge in [-0.05, 0) is 49.9 Å². The zero-order valence-corrected chi connectivity index (χ0v) is 22.7. The lowest BCUT2D eigenvalue weighted by molar-refractivity contribution is -0.159. The van der Waals surface area contributed by atoms with E-state index in [1.807, 2.05) is 13.8 Å². The van der Waals surface area contributed by atoms with Crippen LogP contribution in [-0.2, 0) is 19.1 Å². The van der Waals surface area contributed by atoms with E-state index in [0.717, 1.165) is 12.8 Å². The number of ketones is 1. The molecular weight excluding hydrogens is 497 g/mol. The van der Waals surface area contributed by atoms with Crippen LogP contribution in [0.2, 0.25) is 0 Å². The van der Waals surface area contributed by atoms with Gasteiger partial charge in [0.05, 0.1) is 13.0 Å². The number of esters is 2. The Balaban J connectivity index is 2.12. The summed E-state index contributed by atoms with van der Waals surface area (Å²) in [7, 11) is 1.40. The molecule has 10 heteroatoms. The predicted octanol–water partition coefficient (Wildman–Crippen LogP) is 5.15. The molecule has 0 saturated heterocycles. The first-order chi connectivity index (χ1) is 18.1. The number of rotatable bonds is 15. The Morgan fingerprint density at radius 2 is 1.68 bits per heavy atom. The zero-order chi connectivity index (χ0) is 28.2. The molecule has 0 unspecified atom stereocenters. The van der Waals surface area contributed by atoms with Gasteiger partial charge in [-0.15, -0.1) is 0 Å². The molecule has 0 saturated carbocycles. The van der Waals surface area contributed by atoms with Crippen molar-refractivity contribution >= 4 is 17.7 Å². The molecule has 208 valence electrons. The third-order valence-electron chi connectivity index (χ3n) is 6.08. The van der Waals surface area contributed by atoms with Crippen LogP contribution in [0.4, 0.5) is 4.39 Å². The fraction of sp³-hybridized carbons (Fsp3) is 0.500. The fourth-order valence-corrected chi connectivity index (χ4v) is 3.92. The molecule has 0 aliphatic rings. The van der Waals surface area contributed by atoms with Crippen molar-refractivity contribution in [3.63, 3.8) is 0 Å². The standard InChI is InChI=1S/C28H36FNO8/c1-7-20(8-2)26(38-22-11-9-21(29)10-12-22)18(4)37-28(33)17(3)15-23(32)25-27(36-16-35-19(5)31)24(34-6)13-14-30-25/h9-14,17-18,20,26H,7-8,15-16H2,1-6H3/t17-,18+,26+/m1/s1. The number of nitrogens with zero attached hydrogens (tertiary/aromatic N) is 1. The first-order valence-corrected chi connectivity index (χ1v) is 12.6. The minimum Gasteiger partial charge on any atom is -0.493 e. The first-order valence-electron chi connectivity index (χ1n) is 12.6. The molecule has 0 amide bonds. The first kappa shape index (κ1) is 30.5. The van der Waals surface area contributed by atoms with Crippen LogP contribution < -0.4 is 14.2 Å². The van der Waals surface area contributed by atoms with Gasteiger partial charge in [-0.1, -0.05) is 20.8 Å². The quantitative estimate of drug-likeness (QED) is 0.174.